The Morgan fingerprint density at radius 2 is 1.80 bits per heavy atom. The summed E-state index contributed by atoms with van der Waals surface area (Å²) in [5, 5.41) is 12.6. The molecule has 0 aliphatic rings. The fraction of sp³-hybridized carbons (Fsp3) is 0.357. The number of hydrogen-bond acceptors (Lipinski definition) is 2. The summed E-state index contributed by atoms with van der Waals surface area (Å²) < 4.78 is 39.6. The van der Waals surface area contributed by atoms with E-state index in [2.05, 4.69) is 5.10 Å². The monoisotopic (exact) mass is 284 g/mol. The molecule has 0 radical (unpaired) electrons. The lowest BCUT2D eigenvalue weighted by Crippen LogP contribution is -2.08. The molecule has 1 N–H and O–H groups in total. The van der Waals surface area contributed by atoms with Crippen molar-refractivity contribution in [2.24, 2.45) is 0 Å². The van der Waals surface area contributed by atoms with Crippen LogP contribution >= 0.6 is 0 Å². The maximum Gasteiger partial charge on any atom is 0.435 e. The Balaban J connectivity index is 2.50. The van der Waals surface area contributed by atoms with Gasteiger partial charge in [-0.15, -0.1) is 0 Å². The molecule has 0 atom stereocenters. The number of nitrogens with zero attached hydrogens (tertiary/aromatic N) is 2. The smallest absolute Gasteiger partial charge is 0.392 e. The minimum absolute atomic E-state index is 0.0869. The van der Waals surface area contributed by atoms with Crippen LogP contribution in [0.1, 0.15) is 36.7 Å². The molecule has 0 aliphatic carbocycles. The van der Waals surface area contributed by atoms with E-state index >= 15 is 0 Å². The molecule has 0 fully saturated rings. The minimum atomic E-state index is -4.46. The Kier molecular flexibility index (Phi) is 3.85. The van der Waals surface area contributed by atoms with Crippen molar-refractivity contribution in [1.29, 1.82) is 0 Å². The zero-order valence-corrected chi connectivity index (χ0v) is 11.1. The molecule has 0 amide bonds. The van der Waals surface area contributed by atoms with E-state index in [0.29, 0.717) is 16.9 Å². The number of aliphatic hydroxyl groups excluding tert-OH is 1. The van der Waals surface area contributed by atoms with Crippen LogP contribution in [-0.4, -0.2) is 14.9 Å². The van der Waals surface area contributed by atoms with Crippen LogP contribution in [0.25, 0.3) is 5.69 Å². The van der Waals surface area contributed by atoms with E-state index in [1.54, 1.807) is 24.3 Å². The molecule has 0 unspecified atom stereocenters. The third kappa shape index (κ3) is 2.85. The predicted octanol–water partition coefficient (Wildman–Crippen LogP) is 3.51. The largest absolute Gasteiger partial charge is 0.435 e. The lowest BCUT2D eigenvalue weighted by molar-refractivity contribution is -0.141. The molecule has 0 aliphatic heterocycles. The molecule has 0 bridgehead atoms. The summed E-state index contributed by atoms with van der Waals surface area (Å²) in [7, 11) is 0. The zero-order valence-electron chi connectivity index (χ0n) is 11.1. The lowest BCUT2D eigenvalue weighted by atomic mass is 10.1. The SMILES string of the molecule is CC(C)c1cc(C(F)(F)F)nn1-c1ccc(CO)cc1. The topological polar surface area (TPSA) is 38.0 Å². The third-order valence-electron chi connectivity index (χ3n) is 2.98. The second kappa shape index (κ2) is 5.28. The average Bonchev–Trinajstić information content (AvgIpc) is 2.84. The third-order valence-corrected chi connectivity index (χ3v) is 2.98. The second-order valence-electron chi connectivity index (χ2n) is 4.84. The molecular formula is C14H15F3N2O. The van der Waals surface area contributed by atoms with Crippen LogP contribution in [0.3, 0.4) is 0 Å². The van der Waals surface area contributed by atoms with Gasteiger partial charge >= 0.3 is 6.18 Å². The van der Waals surface area contributed by atoms with Crippen LogP contribution < -0.4 is 0 Å². The number of hydrogen-bond donors (Lipinski definition) is 1. The van der Waals surface area contributed by atoms with Crippen molar-refractivity contribution in [2.75, 3.05) is 0 Å². The van der Waals surface area contributed by atoms with Crippen molar-refractivity contribution < 1.29 is 18.3 Å². The molecule has 20 heavy (non-hydrogen) atoms. The first kappa shape index (κ1) is 14.6. The van der Waals surface area contributed by atoms with Gasteiger partial charge in [-0.1, -0.05) is 26.0 Å². The van der Waals surface area contributed by atoms with E-state index in [-0.39, 0.29) is 12.5 Å². The van der Waals surface area contributed by atoms with Gasteiger partial charge in [-0.3, -0.25) is 0 Å². The number of aliphatic hydroxyl groups is 1. The number of aromatic nitrogens is 2. The second-order valence-corrected chi connectivity index (χ2v) is 4.84. The summed E-state index contributed by atoms with van der Waals surface area (Å²) in [5.41, 5.74) is 0.839. The van der Waals surface area contributed by atoms with E-state index in [1.807, 2.05) is 13.8 Å². The lowest BCUT2D eigenvalue weighted by Gasteiger charge is -2.10. The molecule has 108 valence electrons. The van der Waals surface area contributed by atoms with Crippen LogP contribution in [0.4, 0.5) is 13.2 Å². The Morgan fingerprint density at radius 1 is 1.20 bits per heavy atom. The fourth-order valence-electron chi connectivity index (χ4n) is 1.89. The van der Waals surface area contributed by atoms with Gasteiger partial charge < -0.3 is 5.11 Å². The molecule has 0 saturated carbocycles. The summed E-state index contributed by atoms with van der Waals surface area (Å²) in [5.74, 6) is -0.0869. The Labute approximate surface area is 114 Å². The van der Waals surface area contributed by atoms with Gasteiger partial charge in [0.05, 0.1) is 12.3 Å². The zero-order chi connectivity index (χ0) is 14.9. The van der Waals surface area contributed by atoms with Gasteiger partial charge in [0.2, 0.25) is 0 Å². The first-order valence-electron chi connectivity index (χ1n) is 6.20. The summed E-state index contributed by atoms with van der Waals surface area (Å²) in [6.07, 6.45) is -4.46. The quantitative estimate of drug-likeness (QED) is 0.936. The van der Waals surface area contributed by atoms with Crippen molar-refractivity contribution in [3.8, 4) is 5.69 Å². The van der Waals surface area contributed by atoms with Gasteiger partial charge in [-0.25, -0.2) is 4.68 Å². The highest BCUT2D eigenvalue weighted by atomic mass is 19.4. The molecule has 1 aromatic carbocycles. The molecule has 1 aromatic heterocycles. The molecule has 3 nitrogen and oxygen atoms in total. The van der Waals surface area contributed by atoms with Crippen molar-refractivity contribution in [2.45, 2.75) is 32.5 Å². The fourth-order valence-corrected chi connectivity index (χ4v) is 1.89. The molecule has 0 saturated heterocycles. The molecule has 6 heteroatoms. The Hall–Kier alpha value is -1.82. The molecule has 1 heterocycles. The normalized spacial score (nSPS) is 12.2. The van der Waals surface area contributed by atoms with Crippen LogP contribution in [0, 0.1) is 0 Å². The van der Waals surface area contributed by atoms with E-state index in [4.69, 9.17) is 5.11 Å². The van der Waals surface area contributed by atoms with Crippen LogP contribution in [-0.2, 0) is 12.8 Å². The highest BCUT2D eigenvalue weighted by molar-refractivity contribution is 5.37. The van der Waals surface area contributed by atoms with Gasteiger partial charge in [0.15, 0.2) is 5.69 Å². The number of rotatable bonds is 3. The summed E-state index contributed by atoms with van der Waals surface area (Å²) in [6, 6.07) is 7.68. The summed E-state index contributed by atoms with van der Waals surface area (Å²) in [6.45, 7) is 3.52. The number of benzene rings is 1. The molecular weight excluding hydrogens is 269 g/mol. The number of halogens is 3. The van der Waals surface area contributed by atoms with E-state index in [0.717, 1.165) is 6.07 Å². The van der Waals surface area contributed by atoms with Gasteiger partial charge in [-0.2, -0.15) is 18.3 Å². The molecule has 2 aromatic rings. The van der Waals surface area contributed by atoms with E-state index in [9.17, 15) is 13.2 Å². The summed E-state index contributed by atoms with van der Waals surface area (Å²) >= 11 is 0. The Bertz CT molecular complexity index is 585. The number of alkyl halides is 3. The maximum atomic E-state index is 12.8. The highest BCUT2D eigenvalue weighted by Gasteiger charge is 2.35. The van der Waals surface area contributed by atoms with E-state index in [1.165, 1.54) is 4.68 Å². The van der Waals surface area contributed by atoms with Crippen molar-refractivity contribution in [1.82, 2.24) is 9.78 Å². The van der Waals surface area contributed by atoms with Gasteiger partial charge in [0.25, 0.3) is 0 Å². The minimum Gasteiger partial charge on any atom is -0.392 e. The van der Waals surface area contributed by atoms with Crippen molar-refractivity contribution in [3.63, 3.8) is 0 Å². The Morgan fingerprint density at radius 3 is 2.25 bits per heavy atom. The van der Waals surface area contributed by atoms with Crippen LogP contribution in [0.15, 0.2) is 30.3 Å². The first-order chi connectivity index (χ1) is 9.32. The summed E-state index contributed by atoms with van der Waals surface area (Å²) in [4.78, 5) is 0. The van der Waals surface area contributed by atoms with Gasteiger partial charge in [0.1, 0.15) is 0 Å². The highest BCUT2D eigenvalue weighted by Crippen LogP contribution is 2.31. The van der Waals surface area contributed by atoms with Gasteiger partial charge in [-0.05, 0) is 29.7 Å². The van der Waals surface area contributed by atoms with Crippen molar-refractivity contribution >= 4 is 0 Å². The first-order valence-corrected chi connectivity index (χ1v) is 6.20. The molecule has 2 rings (SSSR count). The molecule has 0 spiro atoms. The van der Waals surface area contributed by atoms with E-state index < -0.39 is 11.9 Å². The van der Waals surface area contributed by atoms with Gasteiger partial charge in [0, 0.05) is 5.69 Å². The standard InChI is InChI=1S/C14H15F3N2O/c1-9(2)12-7-13(14(15,16)17)18-19(12)11-5-3-10(8-20)4-6-11/h3-7,9,20H,8H2,1-2H3. The predicted molar refractivity (Wildman–Crippen MR) is 68.6 cm³/mol. The maximum absolute atomic E-state index is 12.8. The van der Waals surface area contributed by atoms with Crippen LogP contribution in [0.2, 0.25) is 0 Å². The van der Waals surface area contributed by atoms with Crippen molar-refractivity contribution in [3.05, 3.63) is 47.3 Å². The van der Waals surface area contributed by atoms with Crippen LogP contribution in [0.5, 0.6) is 0 Å². The average molecular weight is 284 g/mol.